The van der Waals surface area contributed by atoms with E-state index in [-0.39, 0.29) is 0 Å². The standard InChI is InChI=1S/C34H60O2/c1-25(2)12-13-26(3)30-16-17-31-29-15-14-27-24-28(36-23-11-9-7-6-8-10-22-35)18-20-33(27,4)32(29)19-21-34(30,31)5/h14,25-26,28-32,35H,6-13,15-24H2,1-5H3/t26-,28+,29+,30-,31?,32?,33+,34-/m1/s1. The van der Waals surface area contributed by atoms with E-state index in [9.17, 15) is 0 Å². The zero-order chi connectivity index (χ0) is 25.8. The summed E-state index contributed by atoms with van der Waals surface area (Å²) in [4.78, 5) is 0. The van der Waals surface area contributed by atoms with E-state index in [1.165, 1.54) is 96.3 Å². The van der Waals surface area contributed by atoms with Crippen molar-refractivity contribution in [2.75, 3.05) is 13.2 Å². The summed E-state index contributed by atoms with van der Waals surface area (Å²) in [6.07, 6.45) is 24.3. The van der Waals surface area contributed by atoms with E-state index in [2.05, 4.69) is 40.7 Å². The summed E-state index contributed by atoms with van der Waals surface area (Å²) in [5.74, 6) is 5.51. The van der Waals surface area contributed by atoms with Gasteiger partial charge in [-0.1, -0.05) is 84.8 Å². The van der Waals surface area contributed by atoms with Crippen LogP contribution in [0.5, 0.6) is 0 Å². The highest BCUT2D eigenvalue weighted by molar-refractivity contribution is 5.25. The van der Waals surface area contributed by atoms with Crippen LogP contribution >= 0.6 is 0 Å². The SMILES string of the molecule is CC(C)CC[C@@H](C)[C@H]1CCC2[C@@H]3CC=C4C[C@@H](OCCCCCCCCO)CC[C@]4(C)C3CC[C@@]21C. The van der Waals surface area contributed by atoms with Gasteiger partial charge in [-0.3, -0.25) is 0 Å². The maximum Gasteiger partial charge on any atom is 0.0612 e. The van der Waals surface area contributed by atoms with Gasteiger partial charge in [0.05, 0.1) is 6.10 Å². The molecule has 4 aliphatic rings. The number of aliphatic hydroxyl groups is 1. The van der Waals surface area contributed by atoms with Crippen molar-refractivity contribution in [1.82, 2.24) is 0 Å². The van der Waals surface area contributed by atoms with Crippen molar-refractivity contribution < 1.29 is 9.84 Å². The van der Waals surface area contributed by atoms with Crippen molar-refractivity contribution in [3.8, 4) is 0 Å². The fourth-order valence-electron chi connectivity index (χ4n) is 9.71. The van der Waals surface area contributed by atoms with E-state index >= 15 is 0 Å². The van der Waals surface area contributed by atoms with Gasteiger partial charge in [0.2, 0.25) is 0 Å². The Morgan fingerprint density at radius 1 is 0.889 bits per heavy atom. The molecule has 0 radical (unpaired) electrons. The molecule has 4 aliphatic carbocycles. The molecule has 0 heterocycles. The molecule has 0 saturated heterocycles. The molecular weight excluding hydrogens is 440 g/mol. The molecular formula is C34H60O2. The van der Waals surface area contributed by atoms with Gasteiger partial charge in [0.25, 0.3) is 0 Å². The molecule has 0 bridgehead atoms. The maximum atomic E-state index is 8.91. The summed E-state index contributed by atoms with van der Waals surface area (Å²) in [6, 6.07) is 0. The lowest BCUT2D eigenvalue weighted by atomic mass is 9.47. The second-order valence-corrected chi connectivity index (χ2v) is 14.5. The normalized spacial score (nSPS) is 38.9. The molecule has 36 heavy (non-hydrogen) atoms. The Kier molecular flexibility index (Phi) is 10.1. The number of unbranched alkanes of at least 4 members (excludes halogenated alkanes) is 5. The monoisotopic (exact) mass is 500 g/mol. The fourth-order valence-corrected chi connectivity index (χ4v) is 9.71. The smallest absolute Gasteiger partial charge is 0.0612 e. The average molecular weight is 501 g/mol. The molecule has 0 amide bonds. The van der Waals surface area contributed by atoms with Crippen LogP contribution < -0.4 is 0 Å². The highest BCUT2D eigenvalue weighted by Crippen LogP contribution is 2.67. The molecule has 4 rings (SSSR count). The Balaban J connectivity index is 1.30. The quantitative estimate of drug-likeness (QED) is 0.202. The predicted octanol–water partition coefficient (Wildman–Crippen LogP) is 9.36. The van der Waals surface area contributed by atoms with Gasteiger partial charge in [0, 0.05) is 13.2 Å². The van der Waals surface area contributed by atoms with Gasteiger partial charge in [0.15, 0.2) is 0 Å². The number of aliphatic hydroxyl groups excluding tert-OH is 1. The zero-order valence-electron chi connectivity index (χ0n) is 24.7. The largest absolute Gasteiger partial charge is 0.396 e. The van der Waals surface area contributed by atoms with Crippen LogP contribution in [0.4, 0.5) is 0 Å². The summed E-state index contributed by atoms with van der Waals surface area (Å²) < 4.78 is 6.43. The van der Waals surface area contributed by atoms with Crippen LogP contribution in [0.25, 0.3) is 0 Å². The third kappa shape index (κ3) is 6.11. The second kappa shape index (κ2) is 12.7. The fraction of sp³-hybridized carbons (Fsp3) is 0.941. The number of rotatable bonds is 13. The lowest BCUT2D eigenvalue weighted by molar-refractivity contribution is -0.0642. The summed E-state index contributed by atoms with van der Waals surface area (Å²) in [5, 5.41) is 8.91. The van der Waals surface area contributed by atoms with E-state index in [1.54, 1.807) is 5.57 Å². The van der Waals surface area contributed by atoms with E-state index < -0.39 is 0 Å². The number of fused-ring (bicyclic) bond motifs is 5. The molecule has 2 heteroatoms. The molecule has 208 valence electrons. The van der Waals surface area contributed by atoms with E-state index in [4.69, 9.17) is 9.84 Å². The molecule has 2 unspecified atom stereocenters. The maximum absolute atomic E-state index is 8.91. The van der Waals surface area contributed by atoms with E-state index in [1.807, 2.05) is 0 Å². The third-order valence-corrected chi connectivity index (χ3v) is 11.9. The lowest BCUT2D eigenvalue weighted by Gasteiger charge is -2.58. The van der Waals surface area contributed by atoms with E-state index in [0.717, 1.165) is 48.5 Å². The molecule has 0 spiro atoms. The van der Waals surface area contributed by atoms with Crippen molar-refractivity contribution in [2.45, 2.75) is 143 Å². The molecule has 0 aromatic carbocycles. The van der Waals surface area contributed by atoms with Crippen molar-refractivity contribution in [2.24, 2.45) is 46.3 Å². The third-order valence-electron chi connectivity index (χ3n) is 11.9. The summed E-state index contributed by atoms with van der Waals surface area (Å²) in [6.45, 7) is 14.0. The lowest BCUT2D eigenvalue weighted by Crippen LogP contribution is -2.51. The van der Waals surface area contributed by atoms with Gasteiger partial charge in [-0.15, -0.1) is 0 Å². The second-order valence-electron chi connectivity index (χ2n) is 14.5. The Labute approximate surface area is 224 Å². The predicted molar refractivity (Wildman–Crippen MR) is 153 cm³/mol. The van der Waals surface area contributed by atoms with Gasteiger partial charge < -0.3 is 9.84 Å². The Hall–Kier alpha value is -0.340. The number of ether oxygens (including phenoxy) is 1. The molecule has 2 nitrogen and oxygen atoms in total. The minimum atomic E-state index is 0.347. The van der Waals surface area contributed by atoms with Crippen LogP contribution in [0.3, 0.4) is 0 Å². The first-order valence-corrected chi connectivity index (χ1v) is 16.2. The Morgan fingerprint density at radius 3 is 2.39 bits per heavy atom. The molecule has 3 saturated carbocycles. The average Bonchev–Trinajstić information content (AvgIpc) is 3.21. The first-order chi connectivity index (χ1) is 17.3. The summed E-state index contributed by atoms with van der Waals surface area (Å²) in [7, 11) is 0. The van der Waals surface area contributed by atoms with E-state index in [0.29, 0.717) is 23.5 Å². The van der Waals surface area contributed by atoms with Crippen LogP contribution in [0.2, 0.25) is 0 Å². The van der Waals surface area contributed by atoms with Crippen LogP contribution in [0, 0.1) is 46.3 Å². The first-order valence-electron chi connectivity index (χ1n) is 16.2. The van der Waals surface area contributed by atoms with Crippen molar-refractivity contribution in [1.29, 1.82) is 0 Å². The molecule has 1 N–H and O–H groups in total. The van der Waals surface area contributed by atoms with Crippen molar-refractivity contribution >= 4 is 0 Å². The Bertz CT molecular complexity index is 712. The van der Waals surface area contributed by atoms with Crippen molar-refractivity contribution in [3.63, 3.8) is 0 Å². The van der Waals surface area contributed by atoms with Crippen LogP contribution in [0.15, 0.2) is 11.6 Å². The highest BCUT2D eigenvalue weighted by atomic mass is 16.5. The minimum absolute atomic E-state index is 0.347. The van der Waals surface area contributed by atoms with Crippen LogP contribution in [-0.4, -0.2) is 24.4 Å². The molecule has 0 aromatic rings. The Morgan fingerprint density at radius 2 is 1.64 bits per heavy atom. The minimum Gasteiger partial charge on any atom is -0.396 e. The van der Waals surface area contributed by atoms with Gasteiger partial charge in [-0.25, -0.2) is 0 Å². The van der Waals surface area contributed by atoms with Crippen molar-refractivity contribution in [3.05, 3.63) is 11.6 Å². The van der Waals surface area contributed by atoms with Gasteiger partial charge >= 0.3 is 0 Å². The summed E-state index contributed by atoms with van der Waals surface area (Å²) >= 11 is 0. The summed E-state index contributed by atoms with van der Waals surface area (Å²) in [5.41, 5.74) is 2.81. The number of allylic oxidation sites excluding steroid dienone is 1. The highest BCUT2D eigenvalue weighted by Gasteiger charge is 2.59. The van der Waals surface area contributed by atoms with Crippen LogP contribution in [-0.2, 0) is 4.74 Å². The first kappa shape index (κ1) is 28.7. The van der Waals surface area contributed by atoms with Gasteiger partial charge in [-0.05, 0) is 111 Å². The molecule has 0 aliphatic heterocycles. The number of hydrogen-bond acceptors (Lipinski definition) is 2. The molecule has 8 atom stereocenters. The van der Waals surface area contributed by atoms with Crippen LogP contribution in [0.1, 0.15) is 137 Å². The van der Waals surface area contributed by atoms with Gasteiger partial charge in [-0.2, -0.15) is 0 Å². The van der Waals surface area contributed by atoms with Gasteiger partial charge in [0.1, 0.15) is 0 Å². The zero-order valence-corrected chi connectivity index (χ0v) is 24.7. The molecule has 0 aromatic heterocycles. The number of hydrogen-bond donors (Lipinski definition) is 1. The topological polar surface area (TPSA) is 29.5 Å². The molecule has 3 fully saturated rings.